The van der Waals surface area contributed by atoms with Crippen molar-refractivity contribution >= 4 is 23.8 Å². The molecule has 4 heterocycles. The Bertz CT molecular complexity index is 1970. The van der Waals surface area contributed by atoms with Crippen molar-refractivity contribution in [3.8, 4) is 0 Å². The Morgan fingerprint density at radius 1 is 0.590 bits per heavy atom. The van der Waals surface area contributed by atoms with Gasteiger partial charge in [-0.25, -0.2) is 4.79 Å². The molecular formula is C48H78N4O26. The summed E-state index contributed by atoms with van der Waals surface area (Å²) in [6.45, 7) is -1.86. The first-order valence-electron chi connectivity index (χ1n) is 25.8. The second-order valence-electron chi connectivity index (χ2n) is 19.3. The quantitative estimate of drug-likeness (QED) is 0.0331. The van der Waals surface area contributed by atoms with Gasteiger partial charge in [0.1, 0.15) is 104 Å². The summed E-state index contributed by atoms with van der Waals surface area (Å²) in [5, 5.41) is 140. The van der Waals surface area contributed by atoms with Crippen LogP contribution in [0.1, 0.15) is 57.4 Å². The minimum absolute atomic E-state index is 0.0224. The van der Waals surface area contributed by atoms with Crippen LogP contribution in [0.5, 0.6) is 0 Å². The number of hydrogen-bond donors (Lipinski definition) is 16. The highest BCUT2D eigenvalue weighted by molar-refractivity contribution is 5.84. The molecule has 0 unspecified atom stereocenters. The van der Waals surface area contributed by atoms with Crippen LogP contribution >= 0.6 is 0 Å². The van der Waals surface area contributed by atoms with Gasteiger partial charge in [-0.15, -0.1) is 0 Å². The van der Waals surface area contributed by atoms with Gasteiger partial charge in [0.05, 0.1) is 39.1 Å². The molecule has 0 saturated carbocycles. The number of benzene rings is 1. The van der Waals surface area contributed by atoms with Crippen LogP contribution < -0.4 is 16.4 Å². The summed E-state index contributed by atoms with van der Waals surface area (Å²) in [4.78, 5) is 52.7. The van der Waals surface area contributed by atoms with E-state index in [1.807, 2.05) is 0 Å². The molecule has 4 amide bonds. The first-order valence-corrected chi connectivity index (χ1v) is 25.8. The second kappa shape index (κ2) is 31.9. The molecule has 446 valence electrons. The standard InChI is InChI=1S/C48H78N4O26/c1-23-31(57)35(61)38(64)44(74-23)70-17-15-51-30(56)13-6-5-12-29(55)50-14-8-7-11-25(43(49)68)52(48(69)73-21-24-9-3-2-4-10-24)16-18-71-46-41(67)42(78-47-40(66)37(63)33(59)27(20-54)76-47)34(60)28(77-46)22-72-45-39(65)36(62)32(58)26(19-53)75-45/h2-4,9-10,23,25-28,31-42,44-47,53-54,57-67H,5-8,11-22H2,1H3,(H2,49,68)(H,50,55)(H,51,56)/t23-,25-,26+,27+,28+,31+,32+,33+,34+,35+,36-,37-,38-,39-,40-,41-,42-,44+,45-,46-,47+/m0/s1. The summed E-state index contributed by atoms with van der Waals surface area (Å²) in [6.07, 6.45) is -32.4. The van der Waals surface area contributed by atoms with Gasteiger partial charge in [0.25, 0.3) is 0 Å². The van der Waals surface area contributed by atoms with Gasteiger partial charge in [-0.3, -0.25) is 19.3 Å². The lowest BCUT2D eigenvalue weighted by atomic mass is 9.96. The number of carbonyl (C=O) groups is 4. The van der Waals surface area contributed by atoms with E-state index in [0.29, 0.717) is 24.8 Å². The molecule has 5 rings (SSSR count). The molecule has 4 aliphatic heterocycles. The van der Waals surface area contributed by atoms with Crippen LogP contribution in [0.4, 0.5) is 4.79 Å². The van der Waals surface area contributed by atoms with E-state index in [4.69, 9.17) is 48.4 Å². The predicted molar refractivity (Wildman–Crippen MR) is 258 cm³/mol. The van der Waals surface area contributed by atoms with Gasteiger partial charge in [0.2, 0.25) is 17.7 Å². The first kappa shape index (κ1) is 64.9. The summed E-state index contributed by atoms with van der Waals surface area (Å²) in [5.41, 5.74) is 6.45. The van der Waals surface area contributed by atoms with Gasteiger partial charge in [-0.05, 0) is 44.6 Å². The molecule has 78 heavy (non-hydrogen) atoms. The lowest BCUT2D eigenvalue weighted by Gasteiger charge is -2.46. The van der Waals surface area contributed by atoms with E-state index in [-0.39, 0.29) is 63.8 Å². The van der Waals surface area contributed by atoms with Gasteiger partial charge in [0, 0.05) is 32.5 Å². The third-order valence-corrected chi connectivity index (χ3v) is 13.6. The molecule has 0 bridgehead atoms. The van der Waals surface area contributed by atoms with Crippen molar-refractivity contribution in [3.63, 3.8) is 0 Å². The minimum atomic E-state index is -2.00. The largest absolute Gasteiger partial charge is 0.445 e. The van der Waals surface area contributed by atoms with Crippen molar-refractivity contribution < 1.29 is 128 Å². The van der Waals surface area contributed by atoms with Crippen LogP contribution in [0.25, 0.3) is 0 Å². The summed E-state index contributed by atoms with van der Waals surface area (Å²) in [6, 6.07) is 7.25. The van der Waals surface area contributed by atoms with Crippen LogP contribution in [-0.2, 0) is 63.6 Å². The summed E-state index contributed by atoms with van der Waals surface area (Å²) in [7, 11) is 0. The number of nitrogens with one attached hydrogen (secondary N) is 2. The van der Waals surface area contributed by atoms with Crippen LogP contribution in [0, 0.1) is 0 Å². The third-order valence-electron chi connectivity index (χ3n) is 13.6. The number of ether oxygens (including phenoxy) is 9. The molecule has 0 aliphatic carbocycles. The maximum atomic E-state index is 13.8. The van der Waals surface area contributed by atoms with E-state index >= 15 is 0 Å². The summed E-state index contributed by atoms with van der Waals surface area (Å²) in [5.74, 6) is -1.54. The normalized spacial score (nSPS) is 35.6. The molecule has 4 aliphatic rings. The average Bonchev–Trinajstić information content (AvgIpc) is 3.44. The van der Waals surface area contributed by atoms with Crippen LogP contribution in [-0.4, -0.2) is 277 Å². The first-order chi connectivity index (χ1) is 37.2. The van der Waals surface area contributed by atoms with Crippen LogP contribution in [0.15, 0.2) is 30.3 Å². The second-order valence-corrected chi connectivity index (χ2v) is 19.3. The molecule has 4 fully saturated rings. The van der Waals surface area contributed by atoms with E-state index in [1.54, 1.807) is 30.3 Å². The lowest BCUT2D eigenvalue weighted by molar-refractivity contribution is -0.366. The van der Waals surface area contributed by atoms with E-state index in [0.717, 1.165) is 4.90 Å². The highest BCUT2D eigenvalue weighted by atomic mass is 16.8. The number of unbranched alkanes of at least 4 members (excludes halogenated alkanes) is 2. The topological polar surface area (TPSA) is 468 Å². The highest BCUT2D eigenvalue weighted by Crippen LogP contribution is 2.31. The zero-order valence-electron chi connectivity index (χ0n) is 43.0. The SMILES string of the molecule is C[C@@H]1O[C@@H](OCCNC(=O)CCCCC(=O)NCCCC[C@@H](C(N)=O)N(CCO[C@H]2O[C@H](CO[C@H]3O[C@H](CO)[C@@H](O)[C@H](O)[C@@H]3O)[C@@H](O)[C@H](O[C@H]3O[C@H](CO)[C@@H](O)[C@H](O)[C@@H]3O)[C@@H]2O)C(=O)OCc2ccccc2)[C@@H](O)[C@H](O)[C@@H]1O. The Kier molecular flexibility index (Phi) is 26.5. The lowest BCUT2D eigenvalue weighted by Crippen LogP contribution is -2.65. The molecule has 17 N–H and O–H groups in total. The number of aliphatic hydroxyl groups excluding tert-OH is 13. The number of hydrogen-bond acceptors (Lipinski definition) is 26. The van der Waals surface area contributed by atoms with E-state index in [2.05, 4.69) is 10.6 Å². The van der Waals surface area contributed by atoms with Crippen LogP contribution in [0.3, 0.4) is 0 Å². The monoisotopic (exact) mass is 1130 g/mol. The predicted octanol–water partition coefficient (Wildman–Crippen LogP) is -7.25. The van der Waals surface area contributed by atoms with E-state index in [1.165, 1.54) is 6.92 Å². The summed E-state index contributed by atoms with van der Waals surface area (Å²) >= 11 is 0. The smallest absolute Gasteiger partial charge is 0.410 e. The van der Waals surface area contributed by atoms with Crippen LogP contribution in [0.2, 0.25) is 0 Å². The molecule has 30 heteroatoms. The fourth-order valence-corrected chi connectivity index (χ4v) is 8.92. The fourth-order valence-electron chi connectivity index (χ4n) is 8.92. The van der Waals surface area contributed by atoms with Gasteiger partial charge < -0.3 is 125 Å². The van der Waals surface area contributed by atoms with Crippen molar-refractivity contribution in [2.24, 2.45) is 5.73 Å². The molecule has 30 nitrogen and oxygen atoms in total. The Morgan fingerprint density at radius 2 is 1.12 bits per heavy atom. The number of rotatable bonds is 29. The maximum Gasteiger partial charge on any atom is 0.410 e. The fraction of sp³-hybridized carbons (Fsp3) is 0.792. The van der Waals surface area contributed by atoms with E-state index in [9.17, 15) is 85.6 Å². The van der Waals surface area contributed by atoms with Crippen molar-refractivity contribution in [1.29, 1.82) is 0 Å². The third kappa shape index (κ3) is 18.0. The van der Waals surface area contributed by atoms with Gasteiger partial charge in [-0.1, -0.05) is 30.3 Å². The van der Waals surface area contributed by atoms with Crippen molar-refractivity contribution in [2.45, 2.75) is 187 Å². The number of primary amides is 1. The van der Waals surface area contributed by atoms with Gasteiger partial charge in [-0.2, -0.15) is 0 Å². The number of nitrogens with two attached hydrogens (primary N) is 1. The van der Waals surface area contributed by atoms with Crippen molar-refractivity contribution in [2.75, 3.05) is 52.7 Å². The zero-order valence-corrected chi connectivity index (χ0v) is 43.0. The number of amides is 4. The molecule has 1 aromatic carbocycles. The number of aliphatic hydroxyl groups is 13. The highest BCUT2D eigenvalue weighted by Gasteiger charge is 2.52. The van der Waals surface area contributed by atoms with Crippen molar-refractivity contribution in [3.05, 3.63) is 35.9 Å². The molecule has 21 atom stereocenters. The summed E-state index contributed by atoms with van der Waals surface area (Å²) < 4.78 is 50.2. The molecular weight excluding hydrogens is 1050 g/mol. The van der Waals surface area contributed by atoms with E-state index < -0.39 is 174 Å². The van der Waals surface area contributed by atoms with Crippen molar-refractivity contribution in [1.82, 2.24) is 15.5 Å². The number of carbonyl (C=O) groups excluding carboxylic acids is 4. The number of nitrogens with zero attached hydrogens (tertiary/aromatic N) is 1. The Morgan fingerprint density at radius 3 is 1.72 bits per heavy atom. The van der Waals surface area contributed by atoms with Gasteiger partial charge >= 0.3 is 6.09 Å². The minimum Gasteiger partial charge on any atom is -0.445 e. The maximum absolute atomic E-state index is 13.8. The molecule has 1 aromatic rings. The molecule has 0 radical (unpaired) electrons. The van der Waals surface area contributed by atoms with Gasteiger partial charge in [0.15, 0.2) is 25.2 Å². The Balaban J connectivity index is 1.15. The Hall–Kier alpha value is -3.94. The average molecular weight is 1130 g/mol. The molecule has 4 saturated heterocycles. The molecule has 0 spiro atoms. The molecule has 0 aromatic heterocycles. The Labute approximate surface area is 448 Å². The zero-order chi connectivity index (χ0) is 57.2.